The van der Waals surface area contributed by atoms with Crippen molar-refractivity contribution in [2.24, 2.45) is 23.7 Å². The van der Waals surface area contributed by atoms with E-state index in [9.17, 15) is 14.7 Å². The molecule has 0 aliphatic heterocycles. The molecule has 6 nitrogen and oxygen atoms in total. The van der Waals surface area contributed by atoms with E-state index in [4.69, 9.17) is 0 Å². The number of rotatable bonds is 5. The maximum absolute atomic E-state index is 12.7. The summed E-state index contributed by atoms with van der Waals surface area (Å²) in [6.07, 6.45) is 6.45. The van der Waals surface area contributed by atoms with Crippen LogP contribution < -0.4 is 5.32 Å². The van der Waals surface area contributed by atoms with Crippen molar-refractivity contribution in [3.63, 3.8) is 0 Å². The zero-order chi connectivity index (χ0) is 18.3. The average Bonchev–Trinajstić information content (AvgIpc) is 3.32. The lowest BCUT2D eigenvalue weighted by atomic mass is 9.82. The summed E-state index contributed by atoms with van der Waals surface area (Å²) in [6.45, 7) is 0.595. The maximum Gasteiger partial charge on any atom is 0.307 e. The number of aliphatic carboxylic acids is 1. The molecule has 134 valence electrons. The van der Waals surface area contributed by atoms with Crippen LogP contribution in [0.2, 0.25) is 0 Å². The van der Waals surface area contributed by atoms with E-state index in [-0.39, 0.29) is 17.7 Å². The number of carboxylic acid groups (broad SMARTS) is 1. The van der Waals surface area contributed by atoms with Crippen LogP contribution in [0.4, 0.5) is 5.82 Å². The summed E-state index contributed by atoms with van der Waals surface area (Å²) in [6, 6.07) is 9.67. The lowest BCUT2D eigenvalue weighted by Gasteiger charge is -2.23. The minimum absolute atomic E-state index is 0.00551. The molecule has 0 spiro atoms. The second-order valence-corrected chi connectivity index (χ2v) is 7.77. The highest BCUT2D eigenvalue weighted by Gasteiger charge is 2.51. The second kappa shape index (κ2) is 6.72. The Balaban J connectivity index is 1.44. The third-order valence-electron chi connectivity index (χ3n) is 5.20. The topological polar surface area (TPSA) is 84.2 Å². The number of aromatic nitrogens is 2. The van der Waals surface area contributed by atoms with E-state index >= 15 is 0 Å². The van der Waals surface area contributed by atoms with Crippen molar-refractivity contribution in [2.45, 2.75) is 13.0 Å². The van der Waals surface area contributed by atoms with Gasteiger partial charge in [-0.2, -0.15) is 5.10 Å². The largest absolute Gasteiger partial charge is 0.481 e. The Labute approximate surface area is 159 Å². The number of nitrogens with zero attached hydrogens (tertiary/aromatic N) is 2. The Morgan fingerprint density at radius 1 is 1.15 bits per heavy atom. The first-order chi connectivity index (χ1) is 12.5. The van der Waals surface area contributed by atoms with Crippen molar-refractivity contribution in [1.29, 1.82) is 0 Å². The van der Waals surface area contributed by atoms with E-state index in [0.717, 1.165) is 16.5 Å². The Morgan fingerprint density at radius 2 is 1.85 bits per heavy atom. The first-order valence-electron chi connectivity index (χ1n) is 8.51. The van der Waals surface area contributed by atoms with Crippen LogP contribution in [0.25, 0.3) is 0 Å². The molecule has 4 rings (SSSR count). The first-order valence-corrected chi connectivity index (χ1v) is 9.30. The minimum Gasteiger partial charge on any atom is -0.481 e. The van der Waals surface area contributed by atoms with Crippen molar-refractivity contribution in [3.05, 3.63) is 58.7 Å². The van der Waals surface area contributed by atoms with Crippen molar-refractivity contribution in [2.75, 3.05) is 5.32 Å². The monoisotopic (exact) mass is 415 g/mol. The molecule has 2 aliphatic rings. The fourth-order valence-electron chi connectivity index (χ4n) is 4.02. The molecular weight excluding hydrogens is 398 g/mol. The molecule has 0 radical (unpaired) electrons. The van der Waals surface area contributed by atoms with Gasteiger partial charge in [0.25, 0.3) is 0 Å². The number of carbonyl (C=O) groups excluding carboxylic acids is 1. The highest BCUT2D eigenvalue weighted by atomic mass is 79.9. The van der Waals surface area contributed by atoms with Crippen LogP contribution >= 0.6 is 15.9 Å². The van der Waals surface area contributed by atoms with E-state index in [0.29, 0.717) is 12.4 Å². The van der Waals surface area contributed by atoms with Gasteiger partial charge in [-0.05, 0) is 36.0 Å². The van der Waals surface area contributed by atoms with Gasteiger partial charge in [0.05, 0.1) is 18.4 Å². The molecule has 4 atom stereocenters. The van der Waals surface area contributed by atoms with Crippen LogP contribution in [0.5, 0.6) is 0 Å². The normalized spacial score (nSPS) is 26.2. The lowest BCUT2D eigenvalue weighted by Crippen LogP contribution is -2.36. The second-order valence-electron chi connectivity index (χ2n) is 6.85. The molecule has 2 N–H and O–H groups in total. The third kappa shape index (κ3) is 3.19. The van der Waals surface area contributed by atoms with Crippen LogP contribution in [0.1, 0.15) is 12.0 Å². The average molecular weight is 416 g/mol. The summed E-state index contributed by atoms with van der Waals surface area (Å²) in [5, 5.41) is 16.6. The number of fused-ring (bicyclic) bond motifs is 2. The maximum atomic E-state index is 12.7. The van der Waals surface area contributed by atoms with E-state index in [1.807, 2.05) is 36.4 Å². The van der Waals surface area contributed by atoms with Gasteiger partial charge in [-0.3, -0.25) is 14.3 Å². The van der Waals surface area contributed by atoms with E-state index in [1.165, 1.54) is 0 Å². The summed E-state index contributed by atoms with van der Waals surface area (Å²) in [5.74, 6) is -1.92. The molecular formula is C19H18BrN3O3. The minimum atomic E-state index is -0.900. The van der Waals surface area contributed by atoms with E-state index < -0.39 is 17.8 Å². The molecule has 0 saturated heterocycles. The predicted molar refractivity (Wildman–Crippen MR) is 99.5 cm³/mol. The predicted octanol–water partition coefficient (Wildman–Crippen LogP) is 3.16. The van der Waals surface area contributed by atoms with E-state index in [1.54, 1.807) is 16.9 Å². The Hall–Kier alpha value is -2.41. The summed E-state index contributed by atoms with van der Waals surface area (Å²) in [7, 11) is 0. The Morgan fingerprint density at radius 3 is 2.54 bits per heavy atom. The lowest BCUT2D eigenvalue weighted by molar-refractivity contribution is -0.146. The van der Waals surface area contributed by atoms with Gasteiger partial charge in [0.2, 0.25) is 5.91 Å². The zero-order valence-corrected chi connectivity index (χ0v) is 15.5. The van der Waals surface area contributed by atoms with Crippen molar-refractivity contribution < 1.29 is 14.7 Å². The highest BCUT2D eigenvalue weighted by Crippen LogP contribution is 2.48. The van der Waals surface area contributed by atoms with Gasteiger partial charge in [0.1, 0.15) is 0 Å². The molecule has 26 heavy (non-hydrogen) atoms. The molecule has 0 unspecified atom stereocenters. The summed E-state index contributed by atoms with van der Waals surface area (Å²) in [5.41, 5.74) is 1.10. The SMILES string of the molecule is O=C(O)[C@@H]1[C@@H](C(=O)Nc2ccn(Cc3ccc(Br)cc3)n2)[C@H]2C=C[C@H]1C2. The van der Waals surface area contributed by atoms with Gasteiger partial charge >= 0.3 is 5.97 Å². The van der Waals surface area contributed by atoms with Gasteiger partial charge in [-0.15, -0.1) is 0 Å². The summed E-state index contributed by atoms with van der Waals surface area (Å²) < 4.78 is 2.76. The summed E-state index contributed by atoms with van der Waals surface area (Å²) in [4.78, 5) is 24.2. The standard InChI is InChI=1S/C19H18BrN3O3/c20-14-5-1-11(2-6-14)10-23-8-7-15(22-23)21-18(24)16-12-3-4-13(9-12)17(16)19(25)26/h1-8,12-13,16-17H,9-10H2,(H,25,26)(H,21,22,24)/t12-,13-,16-,17-/m0/s1. The van der Waals surface area contributed by atoms with Gasteiger partial charge in [0.15, 0.2) is 5.82 Å². The number of allylic oxidation sites excluding steroid dienone is 2. The quantitative estimate of drug-likeness (QED) is 0.734. The number of hydrogen-bond acceptors (Lipinski definition) is 3. The Bertz CT molecular complexity index is 874. The number of anilines is 1. The molecule has 1 aromatic heterocycles. The Kier molecular flexibility index (Phi) is 4.40. The number of amides is 1. The number of benzene rings is 1. The molecule has 1 saturated carbocycles. The summed E-state index contributed by atoms with van der Waals surface area (Å²) >= 11 is 3.41. The van der Waals surface area contributed by atoms with Crippen LogP contribution in [0.3, 0.4) is 0 Å². The fraction of sp³-hybridized carbons (Fsp3) is 0.316. The number of carboxylic acids is 1. The van der Waals surface area contributed by atoms with Gasteiger partial charge < -0.3 is 10.4 Å². The van der Waals surface area contributed by atoms with Gasteiger partial charge in [-0.25, -0.2) is 0 Å². The first kappa shape index (κ1) is 17.0. The highest BCUT2D eigenvalue weighted by molar-refractivity contribution is 9.10. The van der Waals surface area contributed by atoms with Crippen molar-refractivity contribution in [3.8, 4) is 0 Å². The van der Waals surface area contributed by atoms with E-state index in [2.05, 4.69) is 26.3 Å². The molecule has 2 bridgehead atoms. The number of halogens is 1. The third-order valence-corrected chi connectivity index (χ3v) is 5.73. The molecule has 2 aliphatic carbocycles. The number of hydrogen-bond donors (Lipinski definition) is 2. The molecule has 2 aromatic rings. The molecule has 1 amide bonds. The molecule has 7 heteroatoms. The van der Waals surface area contributed by atoms with Crippen LogP contribution in [0, 0.1) is 23.7 Å². The van der Waals surface area contributed by atoms with Gasteiger partial charge in [-0.1, -0.05) is 40.2 Å². The van der Waals surface area contributed by atoms with Crippen molar-refractivity contribution in [1.82, 2.24) is 9.78 Å². The van der Waals surface area contributed by atoms with Crippen LogP contribution in [-0.2, 0) is 16.1 Å². The van der Waals surface area contributed by atoms with Crippen molar-refractivity contribution >= 4 is 33.6 Å². The molecule has 1 aromatic carbocycles. The molecule has 1 heterocycles. The van der Waals surface area contributed by atoms with Gasteiger partial charge in [0, 0.05) is 16.7 Å². The zero-order valence-electron chi connectivity index (χ0n) is 13.9. The van der Waals surface area contributed by atoms with Crippen LogP contribution in [-0.4, -0.2) is 26.8 Å². The molecule has 1 fully saturated rings. The van der Waals surface area contributed by atoms with Crippen LogP contribution in [0.15, 0.2) is 53.2 Å². The smallest absolute Gasteiger partial charge is 0.307 e. The number of carbonyl (C=O) groups is 2. The fourth-order valence-corrected chi connectivity index (χ4v) is 4.28. The number of nitrogens with one attached hydrogen (secondary N) is 1.